The Morgan fingerprint density at radius 3 is 3.00 bits per heavy atom. The Morgan fingerprint density at radius 1 is 1.22 bits per heavy atom. The summed E-state index contributed by atoms with van der Waals surface area (Å²) in [4.78, 5) is 2.16. The summed E-state index contributed by atoms with van der Waals surface area (Å²) in [5, 5.41) is 0. The second-order valence-corrected chi connectivity index (χ2v) is 4.35. The summed E-state index contributed by atoms with van der Waals surface area (Å²) in [6, 6.07) is 6.29. The van der Waals surface area contributed by atoms with Crippen molar-refractivity contribution < 1.29 is 9.47 Å². The second-order valence-electron chi connectivity index (χ2n) is 4.35. The van der Waals surface area contributed by atoms with Gasteiger partial charge < -0.3 is 14.4 Å². The molecule has 3 heteroatoms. The highest BCUT2D eigenvalue weighted by Crippen LogP contribution is 2.32. The molecule has 2 heterocycles. The van der Waals surface area contributed by atoms with E-state index in [2.05, 4.69) is 42.5 Å². The van der Waals surface area contributed by atoms with Crippen LogP contribution in [0.5, 0.6) is 11.5 Å². The summed E-state index contributed by atoms with van der Waals surface area (Å²) in [5.41, 5.74) is 1.12. The lowest BCUT2D eigenvalue weighted by Gasteiger charge is -2.23. The highest BCUT2D eigenvalue weighted by atomic mass is 16.7. The molecular formula is C15H15NO2. The zero-order chi connectivity index (χ0) is 12.4. The van der Waals surface area contributed by atoms with Crippen LogP contribution in [0.15, 0.2) is 48.7 Å². The summed E-state index contributed by atoms with van der Waals surface area (Å²) in [5.74, 6) is 1.65. The molecule has 1 aromatic rings. The highest BCUT2D eigenvalue weighted by molar-refractivity contribution is 5.57. The third-order valence-electron chi connectivity index (χ3n) is 3.09. The summed E-state index contributed by atoms with van der Waals surface area (Å²) < 4.78 is 10.7. The minimum absolute atomic E-state index is 0.306. The lowest BCUT2D eigenvalue weighted by molar-refractivity contribution is 0.174. The van der Waals surface area contributed by atoms with E-state index in [1.807, 2.05) is 24.3 Å². The fourth-order valence-electron chi connectivity index (χ4n) is 2.02. The predicted octanol–water partition coefficient (Wildman–Crippen LogP) is 2.81. The number of benzene rings is 1. The Balaban J connectivity index is 1.76. The van der Waals surface area contributed by atoms with Gasteiger partial charge in [-0.1, -0.05) is 30.4 Å². The number of hydrogen-bond donors (Lipinski definition) is 0. The minimum atomic E-state index is 0.306. The van der Waals surface area contributed by atoms with Gasteiger partial charge in [0.1, 0.15) is 0 Å². The van der Waals surface area contributed by atoms with Crippen LogP contribution in [0.25, 0.3) is 6.08 Å². The highest BCUT2D eigenvalue weighted by Gasteiger charge is 2.12. The van der Waals surface area contributed by atoms with E-state index in [1.54, 1.807) is 0 Å². The van der Waals surface area contributed by atoms with Crippen LogP contribution in [0.3, 0.4) is 0 Å². The lowest BCUT2D eigenvalue weighted by Crippen LogP contribution is -2.24. The van der Waals surface area contributed by atoms with Crippen molar-refractivity contribution in [2.24, 2.45) is 0 Å². The molecule has 92 valence electrons. The maximum absolute atomic E-state index is 5.36. The van der Waals surface area contributed by atoms with Crippen molar-refractivity contribution in [2.75, 3.05) is 13.8 Å². The Morgan fingerprint density at radius 2 is 2.11 bits per heavy atom. The standard InChI is InChI=1S/C15H15NO2/c1-16-9-3-2-4-13(16)7-5-12-6-8-14-15(10-12)18-11-17-14/h2-10,13H,11H2,1H3/b7-5+. The molecule has 0 fully saturated rings. The fraction of sp³-hybridized carbons (Fsp3) is 0.200. The van der Waals surface area contributed by atoms with Gasteiger partial charge in [0, 0.05) is 7.05 Å². The van der Waals surface area contributed by atoms with Gasteiger partial charge in [-0.3, -0.25) is 0 Å². The molecule has 2 aliphatic rings. The number of nitrogens with zero attached hydrogens (tertiary/aromatic N) is 1. The van der Waals surface area contributed by atoms with Crippen LogP contribution in [0, 0.1) is 0 Å². The molecule has 3 rings (SSSR count). The smallest absolute Gasteiger partial charge is 0.231 e. The Labute approximate surface area is 107 Å². The topological polar surface area (TPSA) is 21.7 Å². The van der Waals surface area contributed by atoms with E-state index in [1.165, 1.54) is 0 Å². The first-order chi connectivity index (χ1) is 8.83. The second kappa shape index (κ2) is 4.61. The molecule has 0 aromatic heterocycles. The minimum Gasteiger partial charge on any atom is -0.454 e. The number of likely N-dealkylation sites (N-methyl/N-ethyl adjacent to an activating group) is 1. The van der Waals surface area contributed by atoms with Crippen LogP contribution < -0.4 is 9.47 Å². The number of fused-ring (bicyclic) bond motifs is 1. The van der Waals surface area contributed by atoms with Crippen LogP contribution >= 0.6 is 0 Å². The van der Waals surface area contributed by atoms with E-state index in [-0.39, 0.29) is 0 Å². The van der Waals surface area contributed by atoms with Gasteiger partial charge in [0.15, 0.2) is 11.5 Å². The molecule has 1 atom stereocenters. The molecule has 0 saturated carbocycles. The average molecular weight is 241 g/mol. The Bertz CT molecular complexity index is 531. The van der Waals surface area contributed by atoms with Gasteiger partial charge in [0.25, 0.3) is 0 Å². The quantitative estimate of drug-likeness (QED) is 0.794. The van der Waals surface area contributed by atoms with Gasteiger partial charge in [-0.25, -0.2) is 0 Å². The van der Waals surface area contributed by atoms with Gasteiger partial charge in [-0.15, -0.1) is 0 Å². The van der Waals surface area contributed by atoms with Crippen LogP contribution in [0.4, 0.5) is 0 Å². The molecule has 0 radical (unpaired) electrons. The van der Waals surface area contributed by atoms with Gasteiger partial charge >= 0.3 is 0 Å². The first-order valence-electron chi connectivity index (χ1n) is 5.98. The Kier molecular flexibility index (Phi) is 2.81. The number of ether oxygens (including phenoxy) is 2. The molecule has 1 aromatic carbocycles. The van der Waals surface area contributed by atoms with Gasteiger partial charge in [-0.2, -0.15) is 0 Å². The zero-order valence-corrected chi connectivity index (χ0v) is 10.2. The lowest BCUT2D eigenvalue weighted by atomic mass is 10.1. The molecule has 2 aliphatic heterocycles. The third-order valence-corrected chi connectivity index (χ3v) is 3.09. The van der Waals surface area contributed by atoms with E-state index in [4.69, 9.17) is 9.47 Å². The number of hydrogen-bond acceptors (Lipinski definition) is 3. The summed E-state index contributed by atoms with van der Waals surface area (Å²) >= 11 is 0. The van der Waals surface area contributed by atoms with Crippen molar-refractivity contribution in [2.45, 2.75) is 6.04 Å². The molecule has 0 spiro atoms. The molecule has 0 amide bonds. The first-order valence-corrected chi connectivity index (χ1v) is 5.98. The van der Waals surface area contributed by atoms with Crippen molar-refractivity contribution in [3.8, 4) is 11.5 Å². The van der Waals surface area contributed by atoms with Crippen LogP contribution in [0.1, 0.15) is 5.56 Å². The maximum Gasteiger partial charge on any atom is 0.231 e. The van der Waals surface area contributed by atoms with Crippen LogP contribution in [-0.2, 0) is 0 Å². The van der Waals surface area contributed by atoms with Crippen LogP contribution in [0.2, 0.25) is 0 Å². The maximum atomic E-state index is 5.36. The van der Waals surface area contributed by atoms with Crippen molar-refractivity contribution in [1.82, 2.24) is 4.90 Å². The van der Waals surface area contributed by atoms with Gasteiger partial charge in [0.2, 0.25) is 6.79 Å². The van der Waals surface area contributed by atoms with E-state index >= 15 is 0 Å². The average Bonchev–Trinajstić information content (AvgIpc) is 2.85. The van der Waals surface area contributed by atoms with E-state index in [0.717, 1.165) is 17.1 Å². The molecule has 1 unspecified atom stereocenters. The number of rotatable bonds is 2. The zero-order valence-electron chi connectivity index (χ0n) is 10.2. The third kappa shape index (κ3) is 2.12. The predicted molar refractivity (Wildman–Crippen MR) is 71.4 cm³/mol. The summed E-state index contributed by atoms with van der Waals surface area (Å²) in [6.45, 7) is 0.321. The molecule has 0 N–H and O–H groups in total. The SMILES string of the molecule is CN1C=CC=CC1/C=C/c1ccc2c(c1)OCO2. The molecule has 3 nitrogen and oxygen atoms in total. The summed E-state index contributed by atoms with van der Waals surface area (Å²) in [7, 11) is 2.06. The van der Waals surface area contributed by atoms with Gasteiger partial charge in [-0.05, 0) is 30.0 Å². The monoisotopic (exact) mass is 241 g/mol. The molecule has 0 saturated heterocycles. The summed E-state index contributed by atoms with van der Waals surface area (Å²) in [6.07, 6.45) is 12.6. The molecule has 0 aliphatic carbocycles. The molecule has 0 bridgehead atoms. The Hall–Kier alpha value is -2.16. The van der Waals surface area contributed by atoms with Crippen molar-refractivity contribution in [3.05, 3.63) is 54.3 Å². The largest absolute Gasteiger partial charge is 0.454 e. The van der Waals surface area contributed by atoms with Crippen molar-refractivity contribution in [1.29, 1.82) is 0 Å². The molecule has 18 heavy (non-hydrogen) atoms. The van der Waals surface area contributed by atoms with Crippen molar-refractivity contribution >= 4 is 6.08 Å². The number of allylic oxidation sites excluding steroid dienone is 2. The first kappa shape index (κ1) is 11.0. The van der Waals surface area contributed by atoms with Crippen molar-refractivity contribution in [3.63, 3.8) is 0 Å². The van der Waals surface area contributed by atoms with E-state index in [9.17, 15) is 0 Å². The fourth-order valence-corrected chi connectivity index (χ4v) is 2.02. The van der Waals surface area contributed by atoms with Gasteiger partial charge in [0.05, 0.1) is 6.04 Å². The molecular weight excluding hydrogens is 226 g/mol. The van der Waals surface area contributed by atoms with Crippen LogP contribution in [-0.4, -0.2) is 24.8 Å². The normalized spacial score (nSPS) is 20.9. The van der Waals surface area contributed by atoms with E-state index < -0.39 is 0 Å². The van der Waals surface area contributed by atoms with E-state index in [0.29, 0.717) is 12.8 Å².